The summed E-state index contributed by atoms with van der Waals surface area (Å²) >= 11 is 0. The Hall–Kier alpha value is -3.88. The first kappa shape index (κ1) is 30.1. The predicted molar refractivity (Wildman–Crippen MR) is 128 cm³/mol. The molecule has 2 aromatic rings. The summed E-state index contributed by atoms with van der Waals surface area (Å²) in [4.78, 5) is 42.7. The Labute approximate surface area is 229 Å². The molecule has 222 valence electrons. The van der Waals surface area contributed by atoms with Gasteiger partial charge in [0.25, 0.3) is 0 Å². The molecule has 0 bridgehead atoms. The van der Waals surface area contributed by atoms with E-state index in [1.54, 1.807) is 6.07 Å². The Kier molecular flexibility index (Phi) is 8.47. The maximum atomic E-state index is 14.3. The second kappa shape index (κ2) is 11.5. The Morgan fingerprint density at radius 3 is 2.22 bits per heavy atom. The lowest BCUT2D eigenvalue weighted by Crippen LogP contribution is -2.71. The highest BCUT2D eigenvalue weighted by Gasteiger charge is 2.49. The van der Waals surface area contributed by atoms with E-state index in [4.69, 9.17) is 10.5 Å². The van der Waals surface area contributed by atoms with Gasteiger partial charge in [-0.2, -0.15) is 26.3 Å². The van der Waals surface area contributed by atoms with Crippen molar-refractivity contribution < 1.29 is 49.9 Å². The van der Waals surface area contributed by atoms with Crippen LogP contribution in [0, 0.1) is 5.82 Å². The minimum Gasteiger partial charge on any atom is -0.444 e. The quantitative estimate of drug-likeness (QED) is 0.511. The highest BCUT2D eigenvalue weighted by molar-refractivity contribution is 5.90. The number of carbonyl (C=O) groups is 3. The lowest BCUT2D eigenvalue weighted by Gasteiger charge is -2.51. The zero-order valence-corrected chi connectivity index (χ0v) is 21.3. The highest BCUT2D eigenvalue weighted by atomic mass is 19.4. The Balaban J connectivity index is 1.58. The fourth-order valence-electron chi connectivity index (χ4n) is 4.93. The predicted octanol–water partition coefficient (Wildman–Crippen LogP) is 4.12. The number of hydrogen-bond acceptors (Lipinski definition) is 5. The molecule has 3 amide bonds. The smallest absolute Gasteiger partial charge is 0.416 e. The molecule has 0 saturated carbocycles. The lowest BCUT2D eigenvalue weighted by molar-refractivity contribution is -0.168. The third kappa shape index (κ3) is 6.55. The fourth-order valence-corrected chi connectivity index (χ4v) is 4.93. The van der Waals surface area contributed by atoms with Crippen LogP contribution in [0.5, 0.6) is 0 Å². The SMILES string of the molecule is NCC[C@H]1C(=O)N(Cc2ccccc2F)C[C@@H]2N(C(=O)OCc3cc(C(F)(F)F)cc(C(F)(F)F)c3)CCC(=O)N21. The van der Waals surface area contributed by atoms with E-state index in [0.29, 0.717) is 12.1 Å². The van der Waals surface area contributed by atoms with Gasteiger partial charge in [0.1, 0.15) is 24.6 Å². The molecule has 15 heteroatoms. The molecule has 0 aliphatic carbocycles. The van der Waals surface area contributed by atoms with Gasteiger partial charge in [0.15, 0.2) is 0 Å². The third-order valence-electron chi connectivity index (χ3n) is 6.86. The highest BCUT2D eigenvalue weighted by Crippen LogP contribution is 2.36. The monoisotopic (exact) mass is 590 g/mol. The maximum Gasteiger partial charge on any atom is 0.416 e. The second-order valence-corrected chi connectivity index (χ2v) is 9.60. The molecule has 2 aromatic carbocycles. The molecule has 0 aromatic heterocycles. The Morgan fingerprint density at radius 2 is 1.63 bits per heavy atom. The van der Waals surface area contributed by atoms with Crippen molar-refractivity contribution in [3.05, 3.63) is 70.5 Å². The Bertz CT molecular complexity index is 1290. The zero-order valence-electron chi connectivity index (χ0n) is 21.3. The van der Waals surface area contributed by atoms with Crippen LogP contribution in [0.3, 0.4) is 0 Å². The summed E-state index contributed by atoms with van der Waals surface area (Å²) in [5.41, 5.74) is 2.18. The molecule has 2 aliphatic rings. The molecule has 4 rings (SSSR count). The van der Waals surface area contributed by atoms with Gasteiger partial charge in [-0.25, -0.2) is 9.18 Å². The minimum absolute atomic E-state index is 0.00196. The summed E-state index contributed by atoms with van der Waals surface area (Å²) < 4.78 is 98.7. The molecule has 2 N–H and O–H groups in total. The second-order valence-electron chi connectivity index (χ2n) is 9.60. The fraction of sp³-hybridized carbons (Fsp3) is 0.423. The Morgan fingerprint density at radius 1 is 1.00 bits per heavy atom. The van der Waals surface area contributed by atoms with Gasteiger partial charge in [0, 0.05) is 25.1 Å². The van der Waals surface area contributed by atoms with Crippen molar-refractivity contribution in [2.45, 2.75) is 50.6 Å². The van der Waals surface area contributed by atoms with Crippen LogP contribution in [0.4, 0.5) is 35.5 Å². The number of alkyl halides is 6. The summed E-state index contributed by atoms with van der Waals surface area (Å²) in [6.45, 7) is -1.53. The number of piperazine rings is 1. The first-order valence-electron chi connectivity index (χ1n) is 12.5. The summed E-state index contributed by atoms with van der Waals surface area (Å²) in [5.74, 6) is -1.54. The molecule has 2 atom stereocenters. The molecule has 0 unspecified atom stereocenters. The molecule has 8 nitrogen and oxygen atoms in total. The van der Waals surface area contributed by atoms with Crippen molar-refractivity contribution in [1.29, 1.82) is 0 Å². The van der Waals surface area contributed by atoms with Crippen molar-refractivity contribution >= 4 is 17.9 Å². The molecule has 2 aliphatic heterocycles. The standard InChI is InChI=1S/C26H25F7N4O4/c27-19-4-2-1-3-16(19)12-35-13-21-36(8-6-22(38)37(21)20(5-7-34)23(35)39)24(40)41-14-15-9-17(25(28,29)30)11-18(10-15)26(31,32)33/h1-4,9-11,20-21H,5-8,12-14,34H2/t20-,21+/m0/s1. The molecule has 2 heterocycles. The summed E-state index contributed by atoms with van der Waals surface area (Å²) in [5, 5.41) is 0. The number of ether oxygens (including phenoxy) is 1. The van der Waals surface area contributed by atoms with Gasteiger partial charge >= 0.3 is 18.4 Å². The average Bonchev–Trinajstić information content (AvgIpc) is 2.90. The topological polar surface area (TPSA) is 96.2 Å². The number of hydrogen-bond donors (Lipinski definition) is 1. The normalized spacial score (nSPS) is 19.9. The van der Waals surface area contributed by atoms with Crippen LogP contribution in [0.2, 0.25) is 0 Å². The van der Waals surface area contributed by atoms with Gasteiger partial charge < -0.3 is 20.3 Å². The van der Waals surface area contributed by atoms with Crippen LogP contribution in [0.25, 0.3) is 0 Å². The van der Waals surface area contributed by atoms with Crippen molar-refractivity contribution in [2.75, 3.05) is 19.6 Å². The average molecular weight is 590 g/mol. The number of benzene rings is 2. The molecular formula is C26H25F7N4O4. The third-order valence-corrected chi connectivity index (χ3v) is 6.86. The molecule has 2 saturated heterocycles. The first-order valence-corrected chi connectivity index (χ1v) is 12.5. The van der Waals surface area contributed by atoms with Gasteiger partial charge in [0.05, 0.1) is 17.7 Å². The van der Waals surface area contributed by atoms with E-state index in [1.165, 1.54) is 28.0 Å². The van der Waals surface area contributed by atoms with Crippen molar-refractivity contribution in [3.63, 3.8) is 0 Å². The van der Waals surface area contributed by atoms with Crippen molar-refractivity contribution in [2.24, 2.45) is 5.73 Å². The first-order chi connectivity index (χ1) is 19.2. The zero-order chi connectivity index (χ0) is 30.1. The van der Waals surface area contributed by atoms with Crippen molar-refractivity contribution in [1.82, 2.24) is 14.7 Å². The number of rotatable bonds is 6. The van der Waals surface area contributed by atoms with Crippen molar-refractivity contribution in [3.8, 4) is 0 Å². The van der Waals surface area contributed by atoms with E-state index in [1.807, 2.05) is 0 Å². The van der Waals surface area contributed by atoms with Crippen LogP contribution >= 0.6 is 0 Å². The summed E-state index contributed by atoms with van der Waals surface area (Å²) in [6, 6.07) is 5.49. The van der Waals surface area contributed by atoms with Crippen LogP contribution < -0.4 is 5.73 Å². The molecular weight excluding hydrogens is 565 g/mol. The number of nitrogens with zero attached hydrogens (tertiary/aromatic N) is 3. The number of fused-ring (bicyclic) bond motifs is 1. The lowest BCUT2D eigenvalue weighted by atomic mass is 10.0. The van der Waals surface area contributed by atoms with Crippen LogP contribution in [-0.2, 0) is 39.8 Å². The number of amides is 3. The van der Waals surface area contributed by atoms with Gasteiger partial charge in [-0.15, -0.1) is 0 Å². The summed E-state index contributed by atoms with van der Waals surface area (Å²) in [6.07, 6.45) is -12.6. The number of nitrogens with two attached hydrogens (primary N) is 1. The maximum absolute atomic E-state index is 14.3. The van der Waals surface area contributed by atoms with E-state index in [-0.39, 0.29) is 50.7 Å². The van der Waals surface area contributed by atoms with Gasteiger partial charge in [0.2, 0.25) is 11.8 Å². The number of carbonyl (C=O) groups excluding carboxylic acids is 3. The van der Waals surface area contributed by atoms with Gasteiger partial charge in [-0.3, -0.25) is 14.5 Å². The van der Waals surface area contributed by atoms with E-state index < -0.39 is 71.6 Å². The van der Waals surface area contributed by atoms with Gasteiger partial charge in [-0.1, -0.05) is 18.2 Å². The van der Waals surface area contributed by atoms with Crippen LogP contribution in [0.15, 0.2) is 42.5 Å². The van der Waals surface area contributed by atoms with E-state index in [0.717, 1.165) is 4.90 Å². The molecule has 0 spiro atoms. The number of halogens is 7. The minimum atomic E-state index is -5.08. The molecule has 2 fully saturated rings. The largest absolute Gasteiger partial charge is 0.444 e. The summed E-state index contributed by atoms with van der Waals surface area (Å²) in [7, 11) is 0. The molecule has 41 heavy (non-hydrogen) atoms. The van der Waals surface area contributed by atoms with E-state index >= 15 is 0 Å². The van der Waals surface area contributed by atoms with Gasteiger partial charge in [-0.05, 0) is 42.8 Å². The van der Waals surface area contributed by atoms with E-state index in [9.17, 15) is 45.1 Å². The molecule has 0 radical (unpaired) electrons. The van der Waals surface area contributed by atoms with Crippen LogP contribution in [-0.4, -0.2) is 64.4 Å². The van der Waals surface area contributed by atoms with E-state index in [2.05, 4.69) is 0 Å². The van der Waals surface area contributed by atoms with Crippen LogP contribution in [0.1, 0.15) is 35.1 Å².